The highest BCUT2D eigenvalue weighted by atomic mass is 19.1. The van der Waals surface area contributed by atoms with Crippen LogP contribution in [0.15, 0.2) is 66.0 Å². The summed E-state index contributed by atoms with van der Waals surface area (Å²) in [6.07, 6.45) is 2.67. The molecule has 0 bridgehead atoms. The maximum Gasteiger partial charge on any atom is 0.248 e. The van der Waals surface area contributed by atoms with E-state index in [2.05, 4.69) is 11.6 Å². The van der Waals surface area contributed by atoms with Gasteiger partial charge in [-0.3, -0.25) is 4.79 Å². The molecule has 162 valence electrons. The van der Waals surface area contributed by atoms with E-state index in [4.69, 9.17) is 14.2 Å². The highest BCUT2D eigenvalue weighted by Crippen LogP contribution is 2.38. The molecule has 0 radical (unpaired) electrons. The van der Waals surface area contributed by atoms with E-state index in [0.717, 1.165) is 22.0 Å². The lowest BCUT2D eigenvalue weighted by atomic mass is 9.86. The maximum absolute atomic E-state index is 14.6. The molecule has 0 saturated carbocycles. The third-order valence-electron chi connectivity index (χ3n) is 5.71. The number of aromatic amines is 1. The molecular formula is C25H26FNO4. The van der Waals surface area contributed by atoms with Gasteiger partial charge in [-0.15, -0.1) is 6.58 Å². The molecule has 1 saturated heterocycles. The Kier molecular flexibility index (Phi) is 6.20. The van der Waals surface area contributed by atoms with Crippen molar-refractivity contribution in [1.29, 1.82) is 0 Å². The first kappa shape index (κ1) is 21.3. The molecule has 0 amide bonds. The summed E-state index contributed by atoms with van der Waals surface area (Å²) in [7, 11) is 0. The zero-order chi connectivity index (χ0) is 21.8. The second-order valence-electron chi connectivity index (χ2n) is 7.81. The Morgan fingerprint density at radius 3 is 2.77 bits per heavy atom. The van der Waals surface area contributed by atoms with Crippen LogP contribution in [0.4, 0.5) is 4.39 Å². The number of ether oxygens (including phenoxy) is 3. The van der Waals surface area contributed by atoms with Crippen LogP contribution in [-0.4, -0.2) is 24.8 Å². The minimum absolute atomic E-state index is 0.141. The number of hydrogen-bond acceptors (Lipinski definition) is 4. The lowest BCUT2D eigenvalue weighted by molar-refractivity contribution is -0.108. The Bertz CT molecular complexity index is 1130. The van der Waals surface area contributed by atoms with Crippen LogP contribution < -0.4 is 10.3 Å². The average Bonchev–Trinajstić information content (AvgIpc) is 2.77. The van der Waals surface area contributed by atoms with Crippen LogP contribution in [-0.2, 0) is 15.1 Å². The molecule has 4 rings (SSSR count). The summed E-state index contributed by atoms with van der Waals surface area (Å²) >= 11 is 0. The Labute approximate surface area is 180 Å². The highest BCUT2D eigenvalue weighted by molar-refractivity contribution is 5.79. The molecule has 31 heavy (non-hydrogen) atoms. The predicted molar refractivity (Wildman–Crippen MR) is 118 cm³/mol. The van der Waals surface area contributed by atoms with Gasteiger partial charge in [0.05, 0.1) is 12.2 Å². The molecule has 0 spiro atoms. The molecule has 1 atom stereocenters. The van der Waals surface area contributed by atoms with E-state index in [1.54, 1.807) is 12.1 Å². The van der Waals surface area contributed by atoms with Gasteiger partial charge < -0.3 is 19.2 Å². The van der Waals surface area contributed by atoms with Gasteiger partial charge in [-0.1, -0.05) is 12.1 Å². The number of nitrogens with one attached hydrogen (secondary N) is 1. The van der Waals surface area contributed by atoms with Gasteiger partial charge in [0.1, 0.15) is 17.7 Å². The van der Waals surface area contributed by atoms with Gasteiger partial charge in [-0.25, -0.2) is 4.39 Å². The van der Waals surface area contributed by atoms with E-state index in [1.165, 1.54) is 18.2 Å². The number of H-pyrrole nitrogens is 1. The SMILES string of the molecule is C=CCOC1(c2cc(F)cc(OC(C)c3ccc4[nH]c(=O)ccc4c3)c2)CCOCC1. The van der Waals surface area contributed by atoms with Crippen molar-refractivity contribution in [3.8, 4) is 5.75 Å². The maximum atomic E-state index is 14.6. The minimum Gasteiger partial charge on any atom is -0.486 e. The number of halogens is 1. The molecule has 1 unspecified atom stereocenters. The standard InChI is InChI=1S/C25H26FNO4/c1-3-10-30-25(8-11-29-12-9-25)20-14-21(26)16-22(15-20)31-17(2)18-4-6-23-19(13-18)5-7-24(28)27-23/h3-7,13-17H,1,8-12H2,2H3,(H,27,28). The molecule has 1 fully saturated rings. The van der Waals surface area contributed by atoms with Crippen molar-refractivity contribution < 1.29 is 18.6 Å². The average molecular weight is 423 g/mol. The van der Waals surface area contributed by atoms with Crippen molar-refractivity contribution in [2.24, 2.45) is 0 Å². The van der Waals surface area contributed by atoms with Crippen molar-refractivity contribution in [1.82, 2.24) is 4.98 Å². The van der Waals surface area contributed by atoms with Gasteiger partial charge in [0.25, 0.3) is 0 Å². The lowest BCUT2D eigenvalue weighted by Crippen LogP contribution is -2.36. The minimum atomic E-state index is -0.620. The fourth-order valence-corrected chi connectivity index (χ4v) is 4.03. The predicted octanol–water partition coefficient (Wildman–Crippen LogP) is 5.02. The zero-order valence-corrected chi connectivity index (χ0v) is 17.5. The van der Waals surface area contributed by atoms with Crippen molar-refractivity contribution >= 4 is 10.9 Å². The molecule has 1 N–H and O–H groups in total. The van der Waals surface area contributed by atoms with Crippen LogP contribution in [0, 0.1) is 5.82 Å². The van der Waals surface area contributed by atoms with E-state index in [9.17, 15) is 9.18 Å². The number of pyridine rings is 1. The third-order valence-corrected chi connectivity index (χ3v) is 5.71. The van der Waals surface area contributed by atoms with E-state index in [1.807, 2.05) is 31.2 Å². The summed E-state index contributed by atoms with van der Waals surface area (Å²) in [5, 5.41) is 0.909. The number of aromatic nitrogens is 1. The lowest BCUT2D eigenvalue weighted by Gasteiger charge is -2.37. The number of benzene rings is 2. The highest BCUT2D eigenvalue weighted by Gasteiger charge is 2.36. The topological polar surface area (TPSA) is 60.5 Å². The smallest absolute Gasteiger partial charge is 0.248 e. The van der Waals surface area contributed by atoms with Gasteiger partial charge in [0.2, 0.25) is 5.56 Å². The molecule has 2 aromatic carbocycles. The summed E-state index contributed by atoms with van der Waals surface area (Å²) in [4.78, 5) is 14.3. The van der Waals surface area contributed by atoms with Crippen molar-refractivity contribution in [2.75, 3.05) is 19.8 Å². The van der Waals surface area contributed by atoms with Crippen LogP contribution in [0.5, 0.6) is 5.75 Å². The fourth-order valence-electron chi connectivity index (χ4n) is 4.03. The summed E-state index contributed by atoms with van der Waals surface area (Å²) in [6, 6.07) is 13.7. The summed E-state index contributed by atoms with van der Waals surface area (Å²) in [5.74, 6) is 0.0704. The number of fused-ring (bicyclic) bond motifs is 1. The quantitative estimate of drug-likeness (QED) is 0.543. The Morgan fingerprint density at radius 2 is 2.00 bits per heavy atom. The van der Waals surface area contributed by atoms with Gasteiger partial charge in [-0.05, 0) is 53.8 Å². The second kappa shape index (κ2) is 9.04. The Morgan fingerprint density at radius 1 is 1.19 bits per heavy atom. The third kappa shape index (κ3) is 4.70. The van der Waals surface area contributed by atoms with Gasteiger partial charge in [-0.2, -0.15) is 0 Å². The van der Waals surface area contributed by atoms with Crippen LogP contribution >= 0.6 is 0 Å². The van der Waals surface area contributed by atoms with Crippen LogP contribution in [0.1, 0.15) is 37.0 Å². The molecule has 5 nitrogen and oxygen atoms in total. The molecule has 2 heterocycles. The van der Waals surface area contributed by atoms with E-state index < -0.39 is 5.60 Å². The molecule has 3 aromatic rings. The largest absolute Gasteiger partial charge is 0.486 e. The van der Waals surface area contributed by atoms with Gasteiger partial charge in [0.15, 0.2) is 0 Å². The zero-order valence-electron chi connectivity index (χ0n) is 17.5. The Hall–Kier alpha value is -2.96. The van der Waals surface area contributed by atoms with E-state index in [0.29, 0.717) is 38.4 Å². The first-order chi connectivity index (χ1) is 15.0. The monoisotopic (exact) mass is 423 g/mol. The van der Waals surface area contributed by atoms with Crippen molar-refractivity contribution in [3.05, 3.63) is 88.5 Å². The van der Waals surface area contributed by atoms with Crippen molar-refractivity contribution in [2.45, 2.75) is 31.5 Å². The summed E-state index contributed by atoms with van der Waals surface area (Å²) < 4.78 is 32.3. The Balaban J connectivity index is 1.61. The molecular weight excluding hydrogens is 397 g/mol. The second-order valence-corrected chi connectivity index (χ2v) is 7.81. The fraction of sp³-hybridized carbons (Fsp3) is 0.320. The normalized spacial score (nSPS) is 16.7. The first-order valence-corrected chi connectivity index (χ1v) is 10.4. The number of hydrogen-bond donors (Lipinski definition) is 1. The van der Waals surface area contributed by atoms with Crippen LogP contribution in [0.2, 0.25) is 0 Å². The van der Waals surface area contributed by atoms with Gasteiger partial charge in [0, 0.05) is 43.7 Å². The summed E-state index contributed by atoms with van der Waals surface area (Å²) in [5.41, 5.74) is 1.67. The van der Waals surface area contributed by atoms with E-state index in [-0.39, 0.29) is 17.5 Å². The van der Waals surface area contributed by atoms with E-state index >= 15 is 0 Å². The summed E-state index contributed by atoms with van der Waals surface area (Å²) in [6.45, 7) is 7.13. The van der Waals surface area contributed by atoms with Crippen LogP contribution in [0.25, 0.3) is 10.9 Å². The van der Waals surface area contributed by atoms with Crippen LogP contribution in [0.3, 0.4) is 0 Å². The van der Waals surface area contributed by atoms with Crippen molar-refractivity contribution in [3.63, 3.8) is 0 Å². The molecule has 6 heteroatoms. The molecule has 1 aliphatic rings. The molecule has 0 aliphatic carbocycles. The number of rotatable bonds is 7. The molecule has 1 aromatic heterocycles. The molecule has 1 aliphatic heterocycles. The van der Waals surface area contributed by atoms with Gasteiger partial charge >= 0.3 is 0 Å². The first-order valence-electron chi connectivity index (χ1n) is 10.4.